The van der Waals surface area contributed by atoms with Crippen molar-refractivity contribution in [2.24, 2.45) is 0 Å². The van der Waals surface area contributed by atoms with Crippen LogP contribution in [0.5, 0.6) is 0 Å². The van der Waals surface area contributed by atoms with Gasteiger partial charge in [-0.05, 0) is 35.7 Å². The fourth-order valence-electron chi connectivity index (χ4n) is 2.24. The predicted molar refractivity (Wildman–Crippen MR) is 96.7 cm³/mol. The van der Waals surface area contributed by atoms with Crippen LogP contribution in [0.25, 0.3) is 11.4 Å². The Kier molecular flexibility index (Phi) is 6.36. The van der Waals surface area contributed by atoms with Gasteiger partial charge < -0.3 is 4.57 Å². The number of hydrogen-bond donors (Lipinski definition) is 0. The van der Waals surface area contributed by atoms with Crippen molar-refractivity contribution in [3.05, 3.63) is 71.3 Å². The van der Waals surface area contributed by atoms with Crippen LogP contribution < -0.4 is 0 Å². The normalized spacial score (nSPS) is 10.1. The highest BCUT2D eigenvalue weighted by atomic mass is 35.5. The Bertz CT molecular complexity index is 750. The molecule has 0 bridgehead atoms. The Morgan fingerprint density at radius 1 is 1.04 bits per heavy atom. The molecule has 0 unspecified atom stereocenters. The third-order valence-electron chi connectivity index (χ3n) is 3.44. The van der Waals surface area contributed by atoms with E-state index in [2.05, 4.69) is 23.0 Å². The summed E-state index contributed by atoms with van der Waals surface area (Å²) in [6, 6.07) is 12.0. The molecule has 120 valence electrons. The Hall–Kier alpha value is -2.13. The number of rotatable bonds is 4. The summed E-state index contributed by atoms with van der Waals surface area (Å²) >= 11 is 6.19. The zero-order valence-corrected chi connectivity index (χ0v) is 14.6. The van der Waals surface area contributed by atoms with Crippen LogP contribution in [-0.2, 0) is 13.0 Å². The van der Waals surface area contributed by atoms with Gasteiger partial charge in [0.1, 0.15) is 5.69 Å². The van der Waals surface area contributed by atoms with Crippen molar-refractivity contribution in [1.82, 2.24) is 14.5 Å². The first kappa shape index (κ1) is 17.2. The van der Waals surface area contributed by atoms with Crippen molar-refractivity contribution in [2.75, 3.05) is 0 Å². The standard InChI is InChI=1S/C17H16ClN3.C2H6/c1-2-13-7-8-19-16(9-13)17-11-21(12-20-17)10-14-5-3-4-6-15(14)18;1-2/h3-9,11-12H,2,10H2,1H3;1-2H3. The first-order chi connectivity index (χ1) is 11.3. The number of halogens is 1. The fourth-order valence-corrected chi connectivity index (χ4v) is 2.43. The van der Waals surface area contributed by atoms with Crippen LogP contribution in [0.15, 0.2) is 55.1 Å². The first-order valence-corrected chi connectivity index (χ1v) is 8.34. The Balaban J connectivity index is 0.000000924. The molecule has 0 aliphatic rings. The highest BCUT2D eigenvalue weighted by molar-refractivity contribution is 6.31. The summed E-state index contributed by atoms with van der Waals surface area (Å²) in [6.07, 6.45) is 6.65. The summed E-state index contributed by atoms with van der Waals surface area (Å²) in [5.41, 5.74) is 4.14. The molecule has 0 aliphatic carbocycles. The zero-order chi connectivity index (χ0) is 16.7. The smallest absolute Gasteiger partial charge is 0.107 e. The maximum Gasteiger partial charge on any atom is 0.107 e. The van der Waals surface area contributed by atoms with Crippen molar-refractivity contribution < 1.29 is 0 Å². The third-order valence-corrected chi connectivity index (χ3v) is 3.81. The van der Waals surface area contributed by atoms with E-state index in [1.54, 1.807) is 0 Å². The van der Waals surface area contributed by atoms with Crippen LogP contribution in [0.2, 0.25) is 5.02 Å². The summed E-state index contributed by atoms with van der Waals surface area (Å²) in [5, 5.41) is 0.777. The molecule has 0 aliphatic heterocycles. The molecule has 0 saturated heterocycles. The van der Waals surface area contributed by atoms with Crippen molar-refractivity contribution in [2.45, 2.75) is 33.7 Å². The molecule has 23 heavy (non-hydrogen) atoms. The van der Waals surface area contributed by atoms with E-state index in [1.807, 2.05) is 67.5 Å². The number of aromatic nitrogens is 3. The zero-order valence-electron chi connectivity index (χ0n) is 13.8. The second-order valence-electron chi connectivity index (χ2n) is 4.93. The SMILES string of the molecule is CC.CCc1ccnc(-c2cn(Cc3ccccc3Cl)cn2)c1. The number of imidazole rings is 1. The molecular formula is C19H22ClN3. The van der Waals surface area contributed by atoms with Crippen LogP contribution in [-0.4, -0.2) is 14.5 Å². The minimum atomic E-state index is 0.708. The van der Waals surface area contributed by atoms with Gasteiger partial charge in [-0.25, -0.2) is 4.98 Å². The van der Waals surface area contributed by atoms with Crippen molar-refractivity contribution in [1.29, 1.82) is 0 Å². The molecule has 2 heterocycles. The van der Waals surface area contributed by atoms with Gasteiger partial charge in [0, 0.05) is 24.0 Å². The molecule has 3 aromatic rings. The Morgan fingerprint density at radius 3 is 2.57 bits per heavy atom. The van der Waals surface area contributed by atoms with Crippen LogP contribution >= 0.6 is 11.6 Å². The van der Waals surface area contributed by atoms with E-state index in [9.17, 15) is 0 Å². The van der Waals surface area contributed by atoms with Gasteiger partial charge in [-0.15, -0.1) is 0 Å². The molecule has 0 atom stereocenters. The maximum absolute atomic E-state index is 6.19. The second kappa shape index (κ2) is 8.49. The minimum Gasteiger partial charge on any atom is -0.332 e. The van der Waals surface area contributed by atoms with Gasteiger partial charge >= 0.3 is 0 Å². The van der Waals surface area contributed by atoms with Gasteiger partial charge in [-0.2, -0.15) is 0 Å². The highest BCUT2D eigenvalue weighted by Gasteiger charge is 2.06. The summed E-state index contributed by atoms with van der Waals surface area (Å²) in [7, 11) is 0. The van der Waals surface area contributed by atoms with Crippen LogP contribution in [0.4, 0.5) is 0 Å². The molecule has 4 heteroatoms. The topological polar surface area (TPSA) is 30.7 Å². The monoisotopic (exact) mass is 327 g/mol. The molecule has 3 nitrogen and oxygen atoms in total. The first-order valence-electron chi connectivity index (χ1n) is 7.96. The number of aryl methyl sites for hydroxylation is 1. The van der Waals surface area contributed by atoms with Crippen molar-refractivity contribution in [3.63, 3.8) is 0 Å². The summed E-state index contributed by atoms with van der Waals surface area (Å²) in [6.45, 7) is 6.84. The van der Waals surface area contributed by atoms with E-state index < -0.39 is 0 Å². The van der Waals surface area contributed by atoms with Gasteiger partial charge in [0.2, 0.25) is 0 Å². The highest BCUT2D eigenvalue weighted by Crippen LogP contribution is 2.19. The Morgan fingerprint density at radius 2 is 1.83 bits per heavy atom. The van der Waals surface area contributed by atoms with E-state index >= 15 is 0 Å². The van der Waals surface area contributed by atoms with E-state index in [0.29, 0.717) is 6.54 Å². The summed E-state index contributed by atoms with van der Waals surface area (Å²) in [4.78, 5) is 8.84. The largest absolute Gasteiger partial charge is 0.332 e. The average Bonchev–Trinajstić information content (AvgIpc) is 3.07. The van der Waals surface area contributed by atoms with E-state index in [-0.39, 0.29) is 0 Å². The number of nitrogens with zero attached hydrogens (tertiary/aromatic N) is 3. The van der Waals surface area contributed by atoms with E-state index in [0.717, 1.165) is 28.4 Å². The molecule has 2 aromatic heterocycles. The average molecular weight is 328 g/mol. The van der Waals surface area contributed by atoms with Crippen LogP contribution in [0, 0.1) is 0 Å². The molecule has 0 fully saturated rings. The van der Waals surface area contributed by atoms with Crippen molar-refractivity contribution >= 4 is 11.6 Å². The van der Waals surface area contributed by atoms with Crippen molar-refractivity contribution in [3.8, 4) is 11.4 Å². The molecule has 0 amide bonds. The van der Waals surface area contributed by atoms with Crippen LogP contribution in [0.3, 0.4) is 0 Å². The lowest BCUT2D eigenvalue weighted by atomic mass is 10.1. The number of hydrogen-bond acceptors (Lipinski definition) is 2. The van der Waals surface area contributed by atoms with E-state index in [1.165, 1.54) is 5.56 Å². The summed E-state index contributed by atoms with van der Waals surface area (Å²) < 4.78 is 2.02. The molecule has 0 saturated carbocycles. The number of benzene rings is 1. The van der Waals surface area contributed by atoms with Gasteiger partial charge in [0.05, 0.1) is 12.0 Å². The molecule has 0 radical (unpaired) electrons. The van der Waals surface area contributed by atoms with Gasteiger partial charge in [0.15, 0.2) is 0 Å². The van der Waals surface area contributed by atoms with Gasteiger partial charge in [0.25, 0.3) is 0 Å². The predicted octanol–water partition coefficient (Wildman–Crippen LogP) is 5.24. The number of pyridine rings is 1. The molecule has 1 aromatic carbocycles. The lowest BCUT2D eigenvalue weighted by Crippen LogP contribution is -1.96. The lowest BCUT2D eigenvalue weighted by molar-refractivity contribution is 0.798. The maximum atomic E-state index is 6.19. The molecule has 0 N–H and O–H groups in total. The quantitative estimate of drug-likeness (QED) is 0.656. The van der Waals surface area contributed by atoms with Crippen LogP contribution in [0.1, 0.15) is 31.9 Å². The van der Waals surface area contributed by atoms with E-state index in [4.69, 9.17) is 11.6 Å². The lowest BCUT2D eigenvalue weighted by Gasteiger charge is -2.04. The second-order valence-corrected chi connectivity index (χ2v) is 5.33. The fraction of sp³-hybridized carbons (Fsp3) is 0.263. The van der Waals surface area contributed by atoms with Gasteiger partial charge in [-0.3, -0.25) is 4.98 Å². The summed E-state index contributed by atoms with van der Waals surface area (Å²) in [5.74, 6) is 0. The molecule has 0 spiro atoms. The third kappa shape index (κ3) is 4.42. The minimum absolute atomic E-state index is 0.708. The van der Waals surface area contributed by atoms with Gasteiger partial charge in [-0.1, -0.05) is 50.6 Å². The molecular weight excluding hydrogens is 306 g/mol. The Labute approximate surface area is 143 Å². The molecule has 3 rings (SSSR count).